The minimum atomic E-state index is -0.0786. The van der Waals surface area contributed by atoms with Crippen molar-refractivity contribution in [3.63, 3.8) is 0 Å². The van der Waals surface area contributed by atoms with E-state index in [0.717, 1.165) is 0 Å². The molecule has 0 fully saturated rings. The molecule has 4 nitrogen and oxygen atoms in total. The first kappa shape index (κ1) is 14.7. The summed E-state index contributed by atoms with van der Waals surface area (Å²) in [6, 6.07) is 7.05. The van der Waals surface area contributed by atoms with Crippen molar-refractivity contribution in [3.05, 3.63) is 29.8 Å². The number of halogens is 1. The molecule has 1 amide bonds. The number of para-hydroxylation sites is 1. The van der Waals surface area contributed by atoms with Crippen molar-refractivity contribution in [2.75, 3.05) is 33.0 Å². The van der Waals surface area contributed by atoms with Crippen molar-refractivity contribution >= 4 is 24.0 Å². The SMILES string of the molecule is COCCN(C)C(=O)c1ccccc1N.Cl. The summed E-state index contributed by atoms with van der Waals surface area (Å²) < 4.78 is 4.90. The Morgan fingerprint density at radius 1 is 1.44 bits per heavy atom. The summed E-state index contributed by atoms with van der Waals surface area (Å²) in [7, 11) is 3.34. The fraction of sp³-hybridized carbons (Fsp3) is 0.364. The molecule has 16 heavy (non-hydrogen) atoms. The van der Waals surface area contributed by atoms with Crippen molar-refractivity contribution in [2.24, 2.45) is 0 Å². The van der Waals surface area contributed by atoms with Gasteiger partial charge in [0.25, 0.3) is 5.91 Å². The molecular weight excluding hydrogens is 228 g/mol. The quantitative estimate of drug-likeness (QED) is 0.815. The lowest BCUT2D eigenvalue weighted by Crippen LogP contribution is -2.30. The van der Waals surface area contributed by atoms with Crippen molar-refractivity contribution in [3.8, 4) is 0 Å². The largest absolute Gasteiger partial charge is 0.398 e. The van der Waals surface area contributed by atoms with Crippen LogP contribution < -0.4 is 5.73 Å². The van der Waals surface area contributed by atoms with Crippen LogP contribution in [-0.4, -0.2) is 38.1 Å². The van der Waals surface area contributed by atoms with Crippen LogP contribution in [0.5, 0.6) is 0 Å². The lowest BCUT2D eigenvalue weighted by molar-refractivity contribution is 0.0745. The molecule has 2 N–H and O–H groups in total. The molecule has 0 atom stereocenters. The first-order valence-corrected chi connectivity index (χ1v) is 4.75. The Hall–Kier alpha value is -1.26. The number of amides is 1. The lowest BCUT2D eigenvalue weighted by Gasteiger charge is -2.17. The van der Waals surface area contributed by atoms with Crippen LogP contribution >= 0.6 is 12.4 Å². The maximum atomic E-state index is 11.9. The van der Waals surface area contributed by atoms with E-state index in [2.05, 4.69) is 0 Å². The summed E-state index contributed by atoms with van der Waals surface area (Å²) >= 11 is 0. The molecule has 1 aromatic rings. The van der Waals surface area contributed by atoms with E-state index in [-0.39, 0.29) is 18.3 Å². The molecule has 0 spiro atoms. The Bertz CT molecular complexity index is 345. The highest BCUT2D eigenvalue weighted by atomic mass is 35.5. The van der Waals surface area contributed by atoms with Gasteiger partial charge in [0.15, 0.2) is 0 Å². The van der Waals surface area contributed by atoms with Crippen LogP contribution in [-0.2, 0) is 4.74 Å². The third kappa shape index (κ3) is 3.72. The maximum absolute atomic E-state index is 11.9. The number of ether oxygens (including phenoxy) is 1. The average Bonchev–Trinajstić information content (AvgIpc) is 2.25. The summed E-state index contributed by atoms with van der Waals surface area (Å²) in [5.41, 5.74) is 6.75. The van der Waals surface area contributed by atoms with Gasteiger partial charge in [0, 0.05) is 26.4 Å². The normalized spacial score (nSPS) is 9.38. The number of nitrogen functional groups attached to an aromatic ring is 1. The number of hydrogen-bond donors (Lipinski definition) is 1. The Morgan fingerprint density at radius 3 is 2.62 bits per heavy atom. The molecule has 1 aromatic carbocycles. The average molecular weight is 245 g/mol. The molecule has 0 saturated carbocycles. The van der Waals surface area contributed by atoms with Gasteiger partial charge >= 0.3 is 0 Å². The lowest BCUT2D eigenvalue weighted by atomic mass is 10.1. The number of carbonyl (C=O) groups excluding carboxylic acids is 1. The molecule has 0 aromatic heterocycles. The predicted octanol–water partition coefficient (Wildman–Crippen LogP) is 1.41. The van der Waals surface area contributed by atoms with Crippen LogP contribution in [0.15, 0.2) is 24.3 Å². The fourth-order valence-corrected chi connectivity index (χ4v) is 1.23. The summed E-state index contributed by atoms with van der Waals surface area (Å²) in [5, 5.41) is 0. The molecule has 0 saturated heterocycles. The Balaban J connectivity index is 0.00000225. The second kappa shape index (κ2) is 7.09. The highest BCUT2D eigenvalue weighted by Gasteiger charge is 2.13. The molecule has 90 valence electrons. The summed E-state index contributed by atoms with van der Waals surface area (Å²) in [5.74, 6) is -0.0786. The number of methoxy groups -OCH3 is 1. The number of nitrogens with two attached hydrogens (primary N) is 1. The molecule has 0 unspecified atom stereocenters. The molecular formula is C11H17ClN2O2. The van der Waals surface area contributed by atoms with Gasteiger partial charge in [0.2, 0.25) is 0 Å². The smallest absolute Gasteiger partial charge is 0.255 e. The van der Waals surface area contributed by atoms with Gasteiger partial charge in [0.1, 0.15) is 0 Å². The second-order valence-corrected chi connectivity index (χ2v) is 3.31. The molecule has 0 radical (unpaired) electrons. The Kier molecular flexibility index (Phi) is 6.53. The summed E-state index contributed by atoms with van der Waals surface area (Å²) in [6.45, 7) is 1.08. The molecule has 0 aliphatic rings. The van der Waals surface area contributed by atoms with Gasteiger partial charge in [-0.3, -0.25) is 4.79 Å². The van der Waals surface area contributed by atoms with Gasteiger partial charge in [-0.15, -0.1) is 12.4 Å². The van der Waals surface area contributed by atoms with E-state index < -0.39 is 0 Å². The van der Waals surface area contributed by atoms with Gasteiger partial charge in [-0.2, -0.15) is 0 Å². The van der Waals surface area contributed by atoms with E-state index in [1.807, 2.05) is 0 Å². The molecule has 5 heteroatoms. The number of benzene rings is 1. The Morgan fingerprint density at radius 2 is 2.06 bits per heavy atom. The molecule has 0 aliphatic carbocycles. The highest BCUT2D eigenvalue weighted by molar-refractivity contribution is 5.98. The standard InChI is InChI=1S/C11H16N2O2.ClH/c1-13(7-8-15-2)11(14)9-5-3-4-6-10(9)12;/h3-6H,7-8,12H2,1-2H3;1H. The third-order valence-electron chi connectivity index (χ3n) is 2.17. The van der Waals surface area contributed by atoms with Crippen molar-refractivity contribution in [1.29, 1.82) is 0 Å². The van der Waals surface area contributed by atoms with E-state index in [9.17, 15) is 4.79 Å². The minimum Gasteiger partial charge on any atom is -0.398 e. The van der Waals surface area contributed by atoms with Crippen LogP contribution in [0.4, 0.5) is 5.69 Å². The topological polar surface area (TPSA) is 55.6 Å². The summed E-state index contributed by atoms with van der Waals surface area (Å²) in [4.78, 5) is 13.5. The van der Waals surface area contributed by atoms with Gasteiger partial charge in [-0.1, -0.05) is 12.1 Å². The van der Waals surface area contributed by atoms with Crippen LogP contribution in [0.2, 0.25) is 0 Å². The predicted molar refractivity (Wildman–Crippen MR) is 66.9 cm³/mol. The monoisotopic (exact) mass is 244 g/mol. The number of likely N-dealkylation sites (N-methyl/N-ethyl adjacent to an activating group) is 1. The summed E-state index contributed by atoms with van der Waals surface area (Å²) in [6.07, 6.45) is 0. The van der Waals surface area contributed by atoms with Gasteiger partial charge in [0.05, 0.1) is 12.2 Å². The highest BCUT2D eigenvalue weighted by Crippen LogP contribution is 2.12. The van der Waals surface area contributed by atoms with Crippen molar-refractivity contribution in [1.82, 2.24) is 4.90 Å². The van der Waals surface area contributed by atoms with Gasteiger partial charge in [-0.25, -0.2) is 0 Å². The zero-order chi connectivity index (χ0) is 11.3. The first-order chi connectivity index (χ1) is 7.16. The number of rotatable bonds is 4. The van der Waals surface area contributed by atoms with Gasteiger partial charge in [-0.05, 0) is 12.1 Å². The van der Waals surface area contributed by atoms with Crippen LogP contribution in [0.25, 0.3) is 0 Å². The van der Waals surface area contributed by atoms with E-state index in [4.69, 9.17) is 10.5 Å². The molecule has 0 bridgehead atoms. The molecule has 0 heterocycles. The second-order valence-electron chi connectivity index (χ2n) is 3.31. The number of carbonyl (C=O) groups is 1. The van der Waals surface area contributed by atoms with Crippen LogP contribution in [0.3, 0.4) is 0 Å². The van der Waals surface area contributed by atoms with Gasteiger partial charge < -0.3 is 15.4 Å². The number of hydrogen-bond acceptors (Lipinski definition) is 3. The van der Waals surface area contributed by atoms with Crippen molar-refractivity contribution < 1.29 is 9.53 Å². The number of nitrogens with zero attached hydrogens (tertiary/aromatic N) is 1. The molecule has 1 rings (SSSR count). The van der Waals surface area contributed by atoms with Crippen LogP contribution in [0, 0.1) is 0 Å². The molecule has 0 aliphatic heterocycles. The maximum Gasteiger partial charge on any atom is 0.255 e. The van der Waals surface area contributed by atoms with E-state index in [0.29, 0.717) is 24.4 Å². The van der Waals surface area contributed by atoms with E-state index >= 15 is 0 Å². The third-order valence-corrected chi connectivity index (χ3v) is 2.17. The zero-order valence-electron chi connectivity index (χ0n) is 9.47. The van der Waals surface area contributed by atoms with E-state index in [1.165, 1.54) is 0 Å². The van der Waals surface area contributed by atoms with E-state index in [1.54, 1.807) is 43.3 Å². The fourth-order valence-electron chi connectivity index (χ4n) is 1.23. The Labute approximate surface area is 102 Å². The first-order valence-electron chi connectivity index (χ1n) is 4.75. The minimum absolute atomic E-state index is 0. The van der Waals surface area contributed by atoms with Crippen molar-refractivity contribution in [2.45, 2.75) is 0 Å². The van der Waals surface area contributed by atoms with Crippen LogP contribution in [0.1, 0.15) is 10.4 Å². The number of anilines is 1. The zero-order valence-corrected chi connectivity index (χ0v) is 10.3.